The lowest BCUT2D eigenvalue weighted by Gasteiger charge is -1.97. The Hall–Kier alpha value is -2.81. The van der Waals surface area contributed by atoms with Gasteiger partial charge in [-0.05, 0) is 35.0 Å². The Morgan fingerprint density at radius 2 is 1.55 bits per heavy atom. The largest absolute Gasteiger partial charge is 0.507 e. The van der Waals surface area contributed by atoms with Gasteiger partial charge in [0.25, 0.3) is 0 Å². The van der Waals surface area contributed by atoms with Crippen LogP contribution in [-0.4, -0.2) is 10.1 Å². The van der Waals surface area contributed by atoms with E-state index in [1.54, 1.807) is 18.2 Å². The maximum absolute atomic E-state index is 9.88. The van der Waals surface area contributed by atoms with Crippen molar-refractivity contribution < 1.29 is 9.52 Å². The van der Waals surface area contributed by atoms with Crippen LogP contribution in [0.3, 0.4) is 0 Å². The lowest BCUT2D eigenvalue weighted by Crippen LogP contribution is -1.77. The number of hydrogen-bond acceptors (Lipinski definition) is 3. The molecule has 20 heavy (non-hydrogen) atoms. The zero-order valence-electron chi connectivity index (χ0n) is 10.6. The van der Waals surface area contributed by atoms with Crippen molar-refractivity contribution in [1.82, 2.24) is 4.98 Å². The fourth-order valence-electron chi connectivity index (χ4n) is 2.38. The van der Waals surface area contributed by atoms with Crippen molar-refractivity contribution in [2.45, 2.75) is 0 Å². The van der Waals surface area contributed by atoms with Crippen LogP contribution in [-0.2, 0) is 0 Å². The maximum atomic E-state index is 9.88. The van der Waals surface area contributed by atoms with Gasteiger partial charge in [-0.15, -0.1) is 0 Å². The first-order valence-electron chi connectivity index (χ1n) is 6.39. The van der Waals surface area contributed by atoms with Crippen molar-refractivity contribution in [3.05, 3.63) is 60.7 Å². The molecule has 0 bridgehead atoms. The molecule has 0 unspecified atom stereocenters. The number of phenols is 1. The SMILES string of the molecule is Oc1ccccc1-c1nc2cc3ccccc3cc2o1. The Kier molecular flexibility index (Phi) is 2.27. The van der Waals surface area contributed by atoms with Gasteiger partial charge in [-0.25, -0.2) is 4.98 Å². The molecule has 3 aromatic carbocycles. The number of phenolic OH excluding ortho intramolecular Hbond substituents is 1. The van der Waals surface area contributed by atoms with Gasteiger partial charge < -0.3 is 9.52 Å². The first-order chi connectivity index (χ1) is 9.81. The molecule has 0 fully saturated rings. The molecule has 3 heteroatoms. The van der Waals surface area contributed by atoms with E-state index in [0.717, 1.165) is 21.9 Å². The van der Waals surface area contributed by atoms with E-state index in [0.29, 0.717) is 11.5 Å². The third-order valence-corrected chi connectivity index (χ3v) is 3.39. The summed E-state index contributed by atoms with van der Waals surface area (Å²) in [7, 11) is 0. The van der Waals surface area contributed by atoms with Crippen molar-refractivity contribution in [1.29, 1.82) is 0 Å². The van der Waals surface area contributed by atoms with Crippen molar-refractivity contribution in [3.63, 3.8) is 0 Å². The molecule has 0 saturated carbocycles. The van der Waals surface area contributed by atoms with Gasteiger partial charge in [0.2, 0.25) is 5.89 Å². The van der Waals surface area contributed by atoms with Gasteiger partial charge in [0.05, 0.1) is 5.56 Å². The fraction of sp³-hybridized carbons (Fsp3) is 0. The van der Waals surface area contributed by atoms with E-state index in [9.17, 15) is 5.11 Å². The van der Waals surface area contributed by atoms with Gasteiger partial charge in [0, 0.05) is 0 Å². The van der Waals surface area contributed by atoms with E-state index >= 15 is 0 Å². The molecule has 4 aromatic rings. The van der Waals surface area contributed by atoms with E-state index in [2.05, 4.69) is 4.98 Å². The monoisotopic (exact) mass is 261 g/mol. The average Bonchev–Trinajstić information content (AvgIpc) is 2.87. The van der Waals surface area contributed by atoms with Crippen LogP contribution in [0.2, 0.25) is 0 Å². The van der Waals surface area contributed by atoms with E-state index in [1.165, 1.54) is 0 Å². The normalized spacial score (nSPS) is 11.2. The third kappa shape index (κ3) is 1.64. The summed E-state index contributed by atoms with van der Waals surface area (Å²) < 4.78 is 5.77. The minimum absolute atomic E-state index is 0.170. The number of nitrogens with zero attached hydrogens (tertiary/aromatic N) is 1. The number of hydrogen-bond donors (Lipinski definition) is 1. The minimum atomic E-state index is 0.170. The zero-order valence-corrected chi connectivity index (χ0v) is 10.6. The third-order valence-electron chi connectivity index (χ3n) is 3.39. The lowest BCUT2D eigenvalue weighted by molar-refractivity contribution is 0.474. The molecule has 0 radical (unpaired) electrons. The predicted octanol–water partition coefficient (Wildman–Crippen LogP) is 4.35. The number of para-hydroxylation sites is 1. The summed E-state index contributed by atoms with van der Waals surface area (Å²) in [5.41, 5.74) is 2.12. The summed E-state index contributed by atoms with van der Waals surface area (Å²) >= 11 is 0. The average molecular weight is 261 g/mol. The molecule has 1 aromatic heterocycles. The highest BCUT2D eigenvalue weighted by molar-refractivity contribution is 5.95. The lowest BCUT2D eigenvalue weighted by atomic mass is 10.1. The van der Waals surface area contributed by atoms with Gasteiger partial charge in [-0.2, -0.15) is 0 Å². The minimum Gasteiger partial charge on any atom is -0.507 e. The number of fused-ring (bicyclic) bond motifs is 2. The Morgan fingerprint density at radius 3 is 2.35 bits per heavy atom. The van der Waals surface area contributed by atoms with Crippen LogP contribution in [0.15, 0.2) is 65.1 Å². The molecule has 96 valence electrons. The molecular weight excluding hydrogens is 250 g/mol. The van der Waals surface area contributed by atoms with Crippen LogP contribution in [0.25, 0.3) is 33.3 Å². The van der Waals surface area contributed by atoms with Gasteiger partial charge >= 0.3 is 0 Å². The molecule has 0 amide bonds. The van der Waals surface area contributed by atoms with E-state index < -0.39 is 0 Å². The summed E-state index contributed by atoms with van der Waals surface area (Å²) in [6, 6.07) is 19.1. The Labute approximate surface area is 115 Å². The topological polar surface area (TPSA) is 46.3 Å². The van der Waals surface area contributed by atoms with E-state index in [1.807, 2.05) is 42.5 Å². The van der Waals surface area contributed by atoms with Gasteiger partial charge in [0.1, 0.15) is 11.3 Å². The number of benzene rings is 3. The second-order valence-electron chi connectivity index (χ2n) is 4.70. The molecular formula is C17H11NO2. The maximum Gasteiger partial charge on any atom is 0.231 e. The quantitative estimate of drug-likeness (QED) is 0.554. The van der Waals surface area contributed by atoms with Crippen LogP contribution in [0.1, 0.15) is 0 Å². The first-order valence-corrected chi connectivity index (χ1v) is 6.39. The summed E-state index contributed by atoms with van der Waals surface area (Å²) in [5, 5.41) is 12.1. The Balaban J connectivity index is 1.99. The molecule has 0 aliphatic heterocycles. The number of oxazole rings is 1. The molecule has 0 aliphatic carbocycles. The van der Waals surface area contributed by atoms with Crippen molar-refractivity contribution in [2.75, 3.05) is 0 Å². The van der Waals surface area contributed by atoms with Crippen LogP contribution < -0.4 is 0 Å². The smallest absolute Gasteiger partial charge is 0.231 e. The number of aromatic hydroxyl groups is 1. The molecule has 4 rings (SSSR count). The van der Waals surface area contributed by atoms with Crippen LogP contribution in [0.5, 0.6) is 5.75 Å². The van der Waals surface area contributed by atoms with Gasteiger partial charge in [-0.3, -0.25) is 0 Å². The predicted molar refractivity (Wildman–Crippen MR) is 78.6 cm³/mol. The second-order valence-corrected chi connectivity index (χ2v) is 4.70. The Morgan fingerprint density at radius 1 is 0.850 bits per heavy atom. The first kappa shape index (κ1) is 11.1. The van der Waals surface area contributed by atoms with Crippen LogP contribution in [0.4, 0.5) is 0 Å². The Bertz CT molecular complexity index is 872. The highest BCUT2D eigenvalue weighted by Crippen LogP contribution is 2.32. The summed E-state index contributed by atoms with van der Waals surface area (Å²) in [4.78, 5) is 4.47. The zero-order chi connectivity index (χ0) is 13.5. The highest BCUT2D eigenvalue weighted by atomic mass is 16.3. The van der Waals surface area contributed by atoms with E-state index in [4.69, 9.17) is 4.42 Å². The summed E-state index contributed by atoms with van der Waals surface area (Å²) in [6.07, 6.45) is 0. The number of aromatic nitrogens is 1. The molecule has 1 heterocycles. The second kappa shape index (κ2) is 4.10. The summed E-state index contributed by atoms with van der Waals surface area (Å²) in [5.74, 6) is 0.608. The summed E-state index contributed by atoms with van der Waals surface area (Å²) in [6.45, 7) is 0. The molecule has 0 spiro atoms. The van der Waals surface area contributed by atoms with Crippen molar-refractivity contribution in [3.8, 4) is 17.2 Å². The fourth-order valence-corrected chi connectivity index (χ4v) is 2.38. The number of rotatable bonds is 1. The van der Waals surface area contributed by atoms with Gasteiger partial charge in [0.15, 0.2) is 5.58 Å². The molecule has 0 saturated heterocycles. The van der Waals surface area contributed by atoms with Crippen LogP contribution in [0, 0.1) is 0 Å². The molecule has 1 N–H and O–H groups in total. The van der Waals surface area contributed by atoms with E-state index in [-0.39, 0.29) is 5.75 Å². The molecule has 0 aliphatic rings. The van der Waals surface area contributed by atoms with Crippen molar-refractivity contribution in [2.24, 2.45) is 0 Å². The molecule has 3 nitrogen and oxygen atoms in total. The van der Waals surface area contributed by atoms with Gasteiger partial charge in [-0.1, -0.05) is 36.4 Å². The highest BCUT2D eigenvalue weighted by Gasteiger charge is 2.12. The van der Waals surface area contributed by atoms with Crippen LogP contribution >= 0.6 is 0 Å². The standard InChI is InChI=1S/C17H11NO2/c19-15-8-4-3-7-13(15)17-18-14-9-11-5-1-2-6-12(11)10-16(14)20-17/h1-10,19H. The van der Waals surface area contributed by atoms with Crippen molar-refractivity contribution >= 4 is 21.9 Å². The molecule has 0 atom stereocenters.